The second-order valence-corrected chi connectivity index (χ2v) is 7.47. The number of H-pyrrole nitrogens is 1. The third-order valence-corrected chi connectivity index (χ3v) is 4.29. The summed E-state index contributed by atoms with van der Waals surface area (Å²) in [7, 11) is 0. The smallest absolute Gasteiger partial charge is 0.410 e. The maximum atomic E-state index is 12.4. The van der Waals surface area contributed by atoms with E-state index in [0.29, 0.717) is 13.1 Å². The highest BCUT2D eigenvalue weighted by atomic mass is 16.6. The third-order valence-electron chi connectivity index (χ3n) is 4.29. The molecule has 0 radical (unpaired) electrons. The van der Waals surface area contributed by atoms with Crippen LogP contribution in [-0.4, -0.2) is 33.3 Å². The highest BCUT2D eigenvalue weighted by Gasteiger charge is 2.27. The molecular weight excluding hydrogens is 316 g/mol. The van der Waals surface area contributed by atoms with Crippen LogP contribution in [0, 0.1) is 0 Å². The number of nitrogens with zero attached hydrogens (tertiary/aromatic N) is 2. The van der Waals surface area contributed by atoms with Gasteiger partial charge < -0.3 is 15.0 Å². The lowest BCUT2D eigenvalue weighted by Crippen LogP contribution is -2.40. The molecule has 6 heteroatoms. The van der Waals surface area contributed by atoms with Gasteiger partial charge in [-0.1, -0.05) is 12.1 Å². The van der Waals surface area contributed by atoms with Crippen LogP contribution in [-0.2, 0) is 17.7 Å². The zero-order chi connectivity index (χ0) is 18.0. The Balaban J connectivity index is 1.77. The third kappa shape index (κ3) is 4.13. The first-order chi connectivity index (χ1) is 11.8. The van der Waals surface area contributed by atoms with Crippen LogP contribution in [0.4, 0.5) is 10.5 Å². The largest absolute Gasteiger partial charge is 0.444 e. The molecule has 3 rings (SSSR count). The number of amides is 1. The first-order valence-electron chi connectivity index (χ1n) is 8.68. The molecule has 134 valence electrons. The van der Waals surface area contributed by atoms with Crippen molar-refractivity contribution in [3.63, 3.8) is 0 Å². The van der Waals surface area contributed by atoms with E-state index in [-0.39, 0.29) is 12.1 Å². The van der Waals surface area contributed by atoms with Gasteiger partial charge in [-0.3, -0.25) is 5.10 Å². The van der Waals surface area contributed by atoms with Crippen LogP contribution in [0.25, 0.3) is 0 Å². The molecule has 1 atom stereocenters. The Morgan fingerprint density at radius 3 is 2.84 bits per heavy atom. The summed E-state index contributed by atoms with van der Waals surface area (Å²) in [6.07, 6.45) is 2.33. The second-order valence-electron chi connectivity index (χ2n) is 7.47. The molecule has 1 aliphatic rings. The molecular formula is C19H26N4O2. The van der Waals surface area contributed by atoms with E-state index >= 15 is 0 Å². The Labute approximate surface area is 148 Å². The summed E-state index contributed by atoms with van der Waals surface area (Å²) >= 11 is 0. The number of fused-ring (bicyclic) bond motifs is 1. The van der Waals surface area contributed by atoms with Crippen molar-refractivity contribution < 1.29 is 9.53 Å². The normalized spacial score (nSPS) is 15.4. The van der Waals surface area contributed by atoms with Gasteiger partial charge in [0.05, 0.1) is 18.3 Å². The summed E-state index contributed by atoms with van der Waals surface area (Å²) in [5, 5.41) is 10.5. The Morgan fingerprint density at radius 2 is 2.16 bits per heavy atom. The molecule has 1 aliphatic heterocycles. The maximum Gasteiger partial charge on any atom is 0.410 e. The minimum absolute atomic E-state index is 0.103. The van der Waals surface area contributed by atoms with Gasteiger partial charge in [-0.2, -0.15) is 5.10 Å². The number of rotatable bonds is 3. The molecule has 0 saturated heterocycles. The monoisotopic (exact) mass is 342 g/mol. The number of aromatic nitrogens is 2. The number of hydrogen-bond acceptors (Lipinski definition) is 4. The molecule has 0 spiro atoms. The number of hydrogen-bond donors (Lipinski definition) is 2. The van der Waals surface area contributed by atoms with E-state index in [4.69, 9.17) is 4.74 Å². The molecule has 2 aromatic rings. The topological polar surface area (TPSA) is 70.2 Å². The van der Waals surface area contributed by atoms with E-state index in [1.807, 2.05) is 26.8 Å². The van der Waals surface area contributed by atoms with Crippen molar-refractivity contribution in [3.05, 3.63) is 47.3 Å². The van der Waals surface area contributed by atoms with Crippen molar-refractivity contribution in [1.82, 2.24) is 15.1 Å². The van der Waals surface area contributed by atoms with Crippen LogP contribution in [0.2, 0.25) is 0 Å². The van der Waals surface area contributed by atoms with Crippen LogP contribution < -0.4 is 5.32 Å². The predicted octanol–water partition coefficient (Wildman–Crippen LogP) is 3.88. The van der Waals surface area contributed by atoms with Crippen LogP contribution in [0.3, 0.4) is 0 Å². The zero-order valence-electron chi connectivity index (χ0n) is 15.3. The van der Waals surface area contributed by atoms with Gasteiger partial charge >= 0.3 is 6.09 Å². The van der Waals surface area contributed by atoms with Gasteiger partial charge in [-0.05, 0) is 57.4 Å². The van der Waals surface area contributed by atoms with Gasteiger partial charge in [0.25, 0.3) is 0 Å². The average molecular weight is 342 g/mol. The SMILES string of the molecule is CC(Nc1cccc2c1CN(C(=O)OC(C)(C)C)CC2)c1ccn[nH]1. The first-order valence-corrected chi connectivity index (χ1v) is 8.68. The number of carbonyl (C=O) groups is 1. The predicted molar refractivity (Wildman–Crippen MR) is 97.4 cm³/mol. The highest BCUT2D eigenvalue weighted by molar-refractivity contribution is 5.70. The molecule has 2 heterocycles. The number of anilines is 1. The lowest BCUT2D eigenvalue weighted by molar-refractivity contribution is 0.0224. The Hall–Kier alpha value is -2.50. The van der Waals surface area contributed by atoms with Crippen LogP contribution in [0.15, 0.2) is 30.5 Å². The molecule has 0 bridgehead atoms. The molecule has 0 fully saturated rings. The van der Waals surface area contributed by atoms with Crippen molar-refractivity contribution in [1.29, 1.82) is 0 Å². The summed E-state index contributed by atoms with van der Waals surface area (Å²) in [4.78, 5) is 14.2. The summed E-state index contributed by atoms with van der Waals surface area (Å²) in [5.74, 6) is 0. The molecule has 6 nitrogen and oxygen atoms in total. The fourth-order valence-electron chi connectivity index (χ4n) is 3.02. The van der Waals surface area contributed by atoms with E-state index < -0.39 is 5.60 Å². The zero-order valence-corrected chi connectivity index (χ0v) is 15.3. The molecule has 1 aromatic heterocycles. The highest BCUT2D eigenvalue weighted by Crippen LogP contribution is 2.29. The Kier molecular flexibility index (Phi) is 4.70. The fourth-order valence-corrected chi connectivity index (χ4v) is 3.02. The standard InChI is InChI=1S/C19H26N4O2/c1-13(16-8-10-20-22-16)21-17-7-5-6-14-9-11-23(12-15(14)17)18(24)25-19(2,3)4/h5-8,10,13,21H,9,11-12H2,1-4H3,(H,20,22). The van der Waals surface area contributed by atoms with Gasteiger partial charge in [0.2, 0.25) is 0 Å². The number of nitrogens with one attached hydrogen (secondary N) is 2. The number of benzene rings is 1. The van der Waals surface area contributed by atoms with E-state index in [1.54, 1.807) is 11.1 Å². The van der Waals surface area contributed by atoms with E-state index in [9.17, 15) is 4.79 Å². The molecule has 1 unspecified atom stereocenters. The van der Waals surface area contributed by atoms with Crippen molar-refractivity contribution >= 4 is 11.8 Å². The van der Waals surface area contributed by atoms with Crippen LogP contribution >= 0.6 is 0 Å². The van der Waals surface area contributed by atoms with Gasteiger partial charge in [0.1, 0.15) is 5.60 Å². The van der Waals surface area contributed by atoms with Gasteiger partial charge in [-0.25, -0.2) is 4.79 Å². The Morgan fingerprint density at radius 1 is 1.36 bits per heavy atom. The van der Waals surface area contributed by atoms with Crippen LogP contribution in [0.1, 0.15) is 50.6 Å². The summed E-state index contributed by atoms with van der Waals surface area (Å²) < 4.78 is 5.53. The van der Waals surface area contributed by atoms with Crippen molar-refractivity contribution in [3.8, 4) is 0 Å². The van der Waals surface area contributed by atoms with Crippen LogP contribution in [0.5, 0.6) is 0 Å². The second kappa shape index (κ2) is 6.78. The van der Waals surface area contributed by atoms with Gasteiger partial charge in [0.15, 0.2) is 0 Å². The molecule has 1 amide bonds. The molecule has 25 heavy (non-hydrogen) atoms. The summed E-state index contributed by atoms with van der Waals surface area (Å²) in [5.41, 5.74) is 4.03. The minimum Gasteiger partial charge on any atom is -0.444 e. The van der Waals surface area contributed by atoms with Crippen molar-refractivity contribution in [2.45, 2.75) is 52.3 Å². The van der Waals surface area contributed by atoms with E-state index in [2.05, 4.69) is 40.6 Å². The summed E-state index contributed by atoms with van der Waals surface area (Å²) in [6.45, 7) is 9.00. The molecule has 2 N–H and O–H groups in total. The van der Waals surface area contributed by atoms with E-state index in [0.717, 1.165) is 23.4 Å². The number of carbonyl (C=O) groups excluding carboxylic acids is 1. The van der Waals surface area contributed by atoms with Crippen molar-refractivity contribution in [2.24, 2.45) is 0 Å². The van der Waals surface area contributed by atoms with Gasteiger partial charge in [0, 0.05) is 18.4 Å². The minimum atomic E-state index is -0.482. The number of ether oxygens (including phenoxy) is 1. The Bertz CT molecular complexity index is 734. The first kappa shape index (κ1) is 17.3. The molecule has 1 aromatic carbocycles. The quantitative estimate of drug-likeness (QED) is 0.888. The average Bonchev–Trinajstić information content (AvgIpc) is 3.07. The molecule has 0 aliphatic carbocycles. The summed E-state index contributed by atoms with van der Waals surface area (Å²) in [6, 6.07) is 8.31. The number of aromatic amines is 1. The van der Waals surface area contributed by atoms with E-state index in [1.165, 1.54) is 5.56 Å². The fraction of sp³-hybridized carbons (Fsp3) is 0.474. The van der Waals surface area contributed by atoms with Gasteiger partial charge in [-0.15, -0.1) is 0 Å². The molecule has 0 saturated carbocycles. The van der Waals surface area contributed by atoms with Crippen molar-refractivity contribution in [2.75, 3.05) is 11.9 Å². The lowest BCUT2D eigenvalue weighted by atomic mass is 9.97. The lowest BCUT2D eigenvalue weighted by Gasteiger charge is -2.32. The maximum absolute atomic E-state index is 12.4.